The number of nitrogens with one attached hydrogen (secondary N) is 2. The first-order chi connectivity index (χ1) is 18.3. The average molecular weight is 609 g/mol. The van der Waals surface area contributed by atoms with E-state index in [1.165, 1.54) is 6.20 Å². The molecule has 24 heteroatoms. The molecule has 1 aliphatic carbocycles. The molecule has 0 saturated heterocycles. The Balaban J connectivity index is 0.000000473. The Morgan fingerprint density at radius 3 is 1.82 bits per heavy atom. The fraction of sp³-hybridized carbons (Fsp3) is 0.625. The van der Waals surface area contributed by atoms with E-state index in [1.807, 2.05) is 0 Å². The van der Waals surface area contributed by atoms with Gasteiger partial charge < -0.3 is 37.1 Å². The van der Waals surface area contributed by atoms with Gasteiger partial charge in [-0.3, -0.25) is 0 Å². The second kappa shape index (κ2) is 13.2. The summed E-state index contributed by atoms with van der Waals surface area (Å²) in [5, 5.41) is 34.5. The van der Waals surface area contributed by atoms with E-state index in [9.17, 15) is 31.4 Å². The molecule has 0 aromatic carbocycles. The molecule has 0 unspecified atom stereocenters. The number of aromatic nitrogens is 2. The number of nitrogens with two attached hydrogens (primary N) is 2. The molecule has 40 heavy (non-hydrogen) atoms. The molecule has 1 aromatic heterocycles. The third-order valence-electron chi connectivity index (χ3n) is 5.50. The van der Waals surface area contributed by atoms with Crippen LogP contribution >= 0.6 is 11.6 Å². The summed E-state index contributed by atoms with van der Waals surface area (Å²) in [6.07, 6.45) is -9.91. The molecule has 3 rings (SSSR count). The number of guanidine groups is 1. The Hall–Kier alpha value is -4.33. The molecule has 17 nitrogen and oxygen atoms in total. The summed E-state index contributed by atoms with van der Waals surface area (Å²) in [7, 11) is 0. The number of nitrogens with zero attached hydrogens (tertiary/aromatic N) is 8. The van der Waals surface area contributed by atoms with Crippen molar-refractivity contribution in [2.24, 2.45) is 32.8 Å². The lowest BCUT2D eigenvalue weighted by Gasteiger charge is -2.37. The number of aliphatic hydroxyl groups is 1. The molecule has 6 atom stereocenters. The number of aromatic amines is 1. The molecule has 222 valence electrons. The van der Waals surface area contributed by atoms with Crippen LogP contribution in [0.4, 0.5) is 32.3 Å². The van der Waals surface area contributed by atoms with E-state index in [4.69, 9.17) is 53.9 Å². The second-order valence-electron chi connectivity index (χ2n) is 7.81. The molecular formula is C16H19ClF6N12O5. The number of carboxylic acids is 2. The van der Waals surface area contributed by atoms with Crippen LogP contribution in [0.25, 0.3) is 20.9 Å². The molecule has 9 N–H and O–H groups in total. The second-order valence-corrected chi connectivity index (χ2v) is 8.28. The van der Waals surface area contributed by atoms with Crippen LogP contribution in [0.15, 0.2) is 21.4 Å². The number of anilines is 1. The number of aliphatic imine (C=N–C) groups is 1. The van der Waals surface area contributed by atoms with Crippen molar-refractivity contribution in [2.75, 3.05) is 18.8 Å². The highest BCUT2D eigenvalue weighted by molar-refractivity contribution is 6.22. The standard InChI is InChI=1S/C12H17ClN12O.2C2HF3O2/c13-8-5(2-20-25-17)4(1-19-24-16)7(6-3-18-10(14)21-6)12(8)9(26)22-11(15)23-12;2*3-2(4,5)1(6)7/h3-5,7-9,26H,1-2H2,(H3,14,18,21)(H3,15,22,23);2*(H,6,7)/t4-,5-,7-,8+,9+,12+;;/m1../s1. The lowest BCUT2D eigenvalue weighted by Crippen LogP contribution is -2.59. The zero-order valence-corrected chi connectivity index (χ0v) is 20.2. The lowest BCUT2D eigenvalue weighted by molar-refractivity contribution is -0.193. The van der Waals surface area contributed by atoms with Gasteiger partial charge in [-0.2, -0.15) is 26.3 Å². The van der Waals surface area contributed by atoms with E-state index in [-0.39, 0.29) is 30.9 Å². The molecule has 1 aliphatic heterocycles. The Kier molecular flexibility index (Phi) is 11.1. The molecular weight excluding hydrogens is 590 g/mol. The van der Waals surface area contributed by atoms with Crippen LogP contribution in [-0.4, -0.2) is 85.8 Å². The smallest absolute Gasteiger partial charge is 0.475 e. The number of halogens is 7. The van der Waals surface area contributed by atoms with Crippen LogP contribution in [-0.2, 0) is 9.59 Å². The Labute approximate surface area is 222 Å². The molecule has 1 saturated carbocycles. The summed E-state index contributed by atoms with van der Waals surface area (Å²) >= 11 is 6.73. The van der Waals surface area contributed by atoms with Gasteiger partial charge in [0.1, 0.15) is 5.54 Å². The maximum Gasteiger partial charge on any atom is 0.490 e. The Morgan fingerprint density at radius 1 is 1.05 bits per heavy atom. The fourth-order valence-electron chi connectivity index (χ4n) is 4.08. The highest BCUT2D eigenvalue weighted by atomic mass is 35.5. The van der Waals surface area contributed by atoms with Crippen LogP contribution in [0.1, 0.15) is 11.6 Å². The predicted octanol–water partition coefficient (Wildman–Crippen LogP) is 1.79. The van der Waals surface area contributed by atoms with E-state index in [2.05, 4.69) is 40.3 Å². The maximum atomic E-state index is 10.7. The zero-order chi connectivity index (χ0) is 31.1. The first-order valence-electron chi connectivity index (χ1n) is 10.2. The quantitative estimate of drug-likeness (QED) is 0.0841. The van der Waals surface area contributed by atoms with Gasteiger partial charge in [0.05, 0.1) is 11.6 Å². The normalized spacial score (nSPS) is 27.0. The van der Waals surface area contributed by atoms with Crippen LogP contribution in [0, 0.1) is 11.8 Å². The van der Waals surface area contributed by atoms with Crippen molar-refractivity contribution in [1.29, 1.82) is 0 Å². The first kappa shape index (κ1) is 33.7. The molecule has 1 fully saturated rings. The van der Waals surface area contributed by atoms with Gasteiger partial charge in [0.25, 0.3) is 0 Å². The van der Waals surface area contributed by atoms with Crippen molar-refractivity contribution in [1.82, 2.24) is 15.3 Å². The van der Waals surface area contributed by atoms with Gasteiger partial charge in [-0.15, -0.1) is 11.6 Å². The monoisotopic (exact) mass is 608 g/mol. The van der Waals surface area contributed by atoms with E-state index >= 15 is 0 Å². The van der Waals surface area contributed by atoms with Gasteiger partial charge in [-0.05, 0) is 22.9 Å². The lowest BCUT2D eigenvalue weighted by atomic mass is 9.79. The van der Waals surface area contributed by atoms with Crippen molar-refractivity contribution < 1.29 is 51.3 Å². The van der Waals surface area contributed by atoms with Gasteiger partial charge in [0.15, 0.2) is 18.1 Å². The molecule has 2 heterocycles. The summed E-state index contributed by atoms with van der Waals surface area (Å²) in [5.74, 6) is -6.63. The number of aliphatic carboxylic acids is 2. The summed E-state index contributed by atoms with van der Waals surface area (Å²) in [4.78, 5) is 34.3. The van der Waals surface area contributed by atoms with Crippen molar-refractivity contribution >= 4 is 35.4 Å². The third-order valence-corrected chi connectivity index (χ3v) is 6.19. The summed E-state index contributed by atoms with van der Waals surface area (Å²) in [5.41, 5.74) is 28.3. The number of H-pyrrole nitrogens is 1. The topological polar surface area (TPSA) is 297 Å². The number of alkyl halides is 7. The van der Waals surface area contributed by atoms with Gasteiger partial charge in [-0.25, -0.2) is 19.6 Å². The molecule has 0 amide bonds. The zero-order valence-electron chi connectivity index (χ0n) is 19.4. The van der Waals surface area contributed by atoms with Crippen molar-refractivity contribution in [2.45, 2.75) is 35.4 Å². The SMILES string of the molecule is O=C(O)C(F)(F)F.O=C(O)C(F)(F)F.[N-]=[N+]=NC[C@@H]1[C@@H](CN=[N+]=[N-])[C@H](c2cnc(N)[nH]2)[C@]2(NC(N)=N[C@H]2O)[C@H]1Cl. The molecule has 0 bridgehead atoms. The molecule has 2 aliphatic rings. The number of hydrogen-bond acceptors (Lipinski definition) is 10. The van der Waals surface area contributed by atoms with Gasteiger partial charge in [0, 0.05) is 34.5 Å². The number of rotatable bonds is 5. The van der Waals surface area contributed by atoms with Crippen LogP contribution in [0.3, 0.4) is 0 Å². The van der Waals surface area contributed by atoms with Crippen molar-refractivity contribution in [3.05, 3.63) is 32.8 Å². The fourth-order valence-corrected chi connectivity index (χ4v) is 4.65. The van der Waals surface area contributed by atoms with Gasteiger partial charge in [-0.1, -0.05) is 10.2 Å². The van der Waals surface area contributed by atoms with Crippen LogP contribution in [0.2, 0.25) is 0 Å². The van der Waals surface area contributed by atoms with Gasteiger partial charge >= 0.3 is 24.3 Å². The third kappa shape index (κ3) is 7.85. The van der Waals surface area contributed by atoms with Crippen molar-refractivity contribution in [3.63, 3.8) is 0 Å². The van der Waals surface area contributed by atoms with Crippen LogP contribution in [0.5, 0.6) is 0 Å². The Bertz CT molecular complexity index is 1170. The Morgan fingerprint density at radius 2 is 1.50 bits per heavy atom. The predicted molar refractivity (Wildman–Crippen MR) is 121 cm³/mol. The molecule has 1 aromatic rings. The largest absolute Gasteiger partial charge is 0.490 e. The minimum Gasteiger partial charge on any atom is -0.475 e. The number of hydrogen-bond donors (Lipinski definition) is 7. The average Bonchev–Trinajstić information content (AvgIpc) is 3.45. The first-order valence-corrected chi connectivity index (χ1v) is 10.6. The maximum absolute atomic E-state index is 10.7. The molecule has 0 radical (unpaired) electrons. The number of carbonyl (C=O) groups is 2. The highest BCUT2D eigenvalue weighted by Gasteiger charge is 2.65. The number of imidazole rings is 1. The van der Waals surface area contributed by atoms with E-state index in [0.29, 0.717) is 5.69 Å². The molecule has 1 spiro atoms. The summed E-state index contributed by atoms with van der Waals surface area (Å²) in [6.45, 7) is 0.109. The summed E-state index contributed by atoms with van der Waals surface area (Å²) < 4.78 is 63.5. The van der Waals surface area contributed by atoms with E-state index in [0.717, 1.165) is 0 Å². The number of carboxylic acid groups (broad SMARTS) is 2. The minimum absolute atomic E-state index is 0.0348. The van der Waals surface area contributed by atoms with E-state index < -0.39 is 53.3 Å². The van der Waals surface area contributed by atoms with E-state index in [1.54, 1.807) is 0 Å². The summed E-state index contributed by atoms with van der Waals surface area (Å²) in [6, 6.07) is 0. The van der Waals surface area contributed by atoms with Crippen LogP contribution < -0.4 is 16.8 Å². The number of aliphatic hydroxyl groups excluding tert-OH is 1. The van der Waals surface area contributed by atoms with Gasteiger partial charge in [0.2, 0.25) is 0 Å². The van der Waals surface area contributed by atoms with Crippen molar-refractivity contribution in [3.8, 4) is 0 Å². The number of azide groups is 2. The number of nitrogen functional groups attached to an aromatic ring is 1. The highest BCUT2D eigenvalue weighted by Crippen LogP contribution is 2.55. The minimum atomic E-state index is -5.08.